The molecule has 0 rings (SSSR count). The molecule has 0 aliphatic heterocycles. The highest BCUT2D eigenvalue weighted by Crippen LogP contribution is 2.27. The molecular formula is C51H90O7. The first-order chi connectivity index (χ1) is 28.2. The van der Waals surface area contributed by atoms with Gasteiger partial charge in [0.2, 0.25) is 0 Å². The fourth-order valence-electron chi connectivity index (χ4n) is 6.51. The number of unbranched alkanes of at least 4 members (excludes halogenated alkanes) is 19. The van der Waals surface area contributed by atoms with Crippen LogP contribution in [-0.4, -0.2) is 48.9 Å². The van der Waals surface area contributed by atoms with Crippen molar-refractivity contribution < 1.29 is 33.7 Å². The molecular weight excluding hydrogens is 725 g/mol. The zero-order valence-corrected chi connectivity index (χ0v) is 38.3. The maximum absolute atomic E-state index is 13.1. The molecule has 0 heterocycles. The topological polar surface area (TPSA) is 99.1 Å². The molecule has 0 amide bonds. The lowest BCUT2D eigenvalue weighted by molar-refractivity contribution is -0.164. The van der Waals surface area contributed by atoms with Crippen LogP contribution in [-0.2, 0) is 28.6 Å². The van der Waals surface area contributed by atoms with Crippen molar-refractivity contribution in [3.63, 3.8) is 0 Å². The number of hydrogen-bond donors (Lipinski definition) is 1. The molecule has 1 atom stereocenters. The smallest absolute Gasteiger partial charge is 0.314 e. The quantitative estimate of drug-likeness (QED) is 0.0284. The van der Waals surface area contributed by atoms with Gasteiger partial charge in [-0.2, -0.15) is 0 Å². The van der Waals surface area contributed by atoms with Crippen molar-refractivity contribution in [2.75, 3.05) is 19.8 Å². The van der Waals surface area contributed by atoms with Crippen LogP contribution in [0, 0.1) is 11.3 Å². The van der Waals surface area contributed by atoms with E-state index in [-0.39, 0.29) is 31.8 Å². The summed E-state index contributed by atoms with van der Waals surface area (Å²) < 4.78 is 16.9. The number of hydrogen-bond acceptors (Lipinski definition) is 7. The molecule has 58 heavy (non-hydrogen) atoms. The van der Waals surface area contributed by atoms with Gasteiger partial charge in [0.25, 0.3) is 0 Å². The second kappa shape index (κ2) is 41.1. The van der Waals surface area contributed by atoms with Gasteiger partial charge in [0.05, 0.1) is 17.4 Å². The van der Waals surface area contributed by atoms with Crippen LogP contribution in [0.4, 0.5) is 0 Å². The summed E-state index contributed by atoms with van der Waals surface area (Å²) in [4.78, 5) is 38.4. The largest absolute Gasteiger partial charge is 0.465 e. The van der Waals surface area contributed by atoms with E-state index >= 15 is 0 Å². The molecule has 0 saturated carbocycles. The van der Waals surface area contributed by atoms with Gasteiger partial charge in [-0.1, -0.05) is 159 Å². The Bertz CT molecular complexity index is 1030. The van der Waals surface area contributed by atoms with Crippen molar-refractivity contribution in [2.24, 2.45) is 11.3 Å². The van der Waals surface area contributed by atoms with E-state index in [1.807, 2.05) is 0 Å². The van der Waals surface area contributed by atoms with Gasteiger partial charge in [0.15, 0.2) is 0 Å². The van der Waals surface area contributed by atoms with E-state index in [2.05, 4.69) is 69.4 Å². The normalized spacial score (nSPS) is 12.8. The Morgan fingerprint density at radius 1 is 0.466 bits per heavy atom. The number of esters is 3. The third-order valence-corrected chi connectivity index (χ3v) is 10.8. The number of ether oxygens (including phenoxy) is 3. The Morgan fingerprint density at radius 2 is 0.810 bits per heavy atom. The summed E-state index contributed by atoms with van der Waals surface area (Å²) in [5.74, 6) is -1.57. The second-order valence-corrected chi connectivity index (χ2v) is 16.9. The molecule has 7 heteroatoms. The van der Waals surface area contributed by atoms with Crippen molar-refractivity contribution in [1.29, 1.82) is 0 Å². The second-order valence-electron chi connectivity index (χ2n) is 16.9. The fourth-order valence-corrected chi connectivity index (χ4v) is 6.51. The average Bonchev–Trinajstić information content (AvgIpc) is 3.21. The minimum Gasteiger partial charge on any atom is -0.465 e. The minimum absolute atomic E-state index is 0.00332. The summed E-state index contributed by atoms with van der Waals surface area (Å²) >= 11 is 0. The summed E-state index contributed by atoms with van der Waals surface area (Å²) in [7, 11) is 0. The van der Waals surface area contributed by atoms with Crippen LogP contribution in [0.25, 0.3) is 0 Å². The third kappa shape index (κ3) is 35.3. The summed E-state index contributed by atoms with van der Waals surface area (Å²) in [6.45, 7) is 9.95. The maximum atomic E-state index is 13.1. The van der Waals surface area contributed by atoms with Gasteiger partial charge in [-0.25, -0.2) is 0 Å². The molecule has 7 nitrogen and oxygen atoms in total. The predicted octanol–water partition coefficient (Wildman–Crippen LogP) is 14.2. The highest BCUT2D eigenvalue weighted by Gasteiger charge is 2.37. The zero-order valence-electron chi connectivity index (χ0n) is 38.3. The Balaban J connectivity index is 4.59. The van der Waals surface area contributed by atoms with Crippen molar-refractivity contribution in [3.05, 3.63) is 48.6 Å². The SMILES string of the molecule is CCCCC/C=C\C/C=C\CCCCCCCC(=O)OCC(COC(=O)CCCCCCC/C=C\C/C=C\CCCCC)COC(=O)C(C)(C)C(O)CCCCCC. The van der Waals surface area contributed by atoms with Crippen molar-refractivity contribution in [1.82, 2.24) is 0 Å². The lowest BCUT2D eigenvalue weighted by Gasteiger charge is -2.29. The molecule has 1 N–H and O–H groups in total. The van der Waals surface area contributed by atoms with Crippen LogP contribution in [0.2, 0.25) is 0 Å². The Hall–Kier alpha value is -2.67. The number of aliphatic hydroxyl groups excluding tert-OH is 1. The van der Waals surface area contributed by atoms with Crippen LogP contribution in [0.1, 0.15) is 221 Å². The summed E-state index contributed by atoms with van der Waals surface area (Å²) in [5.41, 5.74) is -1.08. The van der Waals surface area contributed by atoms with Crippen molar-refractivity contribution in [3.8, 4) is 0 Å². The van der Waals surface area contributed by atoms with Crippen LogP contribution < -0.4 is 0 Å². The van der Waals surface area contributed by atoms with Gasteiger partial charge in [0.1, 0.15) is 19.8 Å². The minimum atomic E-state index is -1.08. The Morgan fingerprint density at radius 3 is 1.24 bits per heavy atom. The molecule has 0 aromatic heterocycles. The lowest BCUT2D eigenvalue weighted by Crippen LogP contribution is -2.40. The first-order valence-electron chi connectivity index (χ1n) is 23.9. The van der Waals surface area contributed by atoms with Crippen LogP contribution >= 0.6 is 0 Å². The number of carbonyl (C=O) groups is 3. The predicted molar refractivity (Wildman–Crippen MR) is 244 cm³/mol. The fraction of sp³-hybridized carbons (Fsp3) is 0.784. The zero-order chi connectivity index (χ0) is 42.8. The van der Waals surface area contributed by atoms with Gasteiger partial charge >= 0.3 is 17.9 Å². The van der Waals surface area contributed by atoms with E-state index in [1.165, 1.54) is 51.4 Å². The van der Waals surface area contributed by atoms with E-state index in [1.54, 1.807) is 13.8 Å². The molecule has 0 aliphatic rings. The monoisotopic (exact) mass is 815 g/mol. The highest BCUT2D eigenvalue weighted by atomic mass is 16.6. The molecule has 0 spiro atoms. The Kier molecular flexibility index (Phi) is 39.2. The molecule has 0 fully saturated rings. The molecule has 0 aromatic carbocycles. The first-order valence-corrected chi connectivity index (χ1v) is 23.9. The molecule has 1 unspecified atom stereocenters. The first kappa shape index (κ1) is 55.3. The van der Waals surface area contributed by atoms with Crippen LogP contribution in [0.3, 0.4) is 0 Å². The molecule has 0 aromatic rings. The summed E-state index contributed by atoms with van der Waals surface area (Å²) in [6.07, 6.45) is 47.1. The average molecular weight is 815 g/mol. The maximum Gasteiger partial charge on any atom is 0.314 e. The van der Waals surface area contributed by atoms with E-state index in [4.69, 9.17) is 14.2 Å². The third-order valence-electron chi connectivity index (χ3n) is 10.8. The lowest BCUT2D eigenvalue weighted by atomic mass is 9.84. The Labute approximate surface area is 357 Å². The van der Waals surface area contributed by atoms with Crippen LogP contribution in [0.15, 0.2) is 48.6 Å². The van der Waals surface area contributed by atoms with Gasteiger partial charge in [-0.3, -0.25) is 14.4 Å². The molecule has 0 radical (unpaired) electrons. The van der Waals surface area contributed by atoms with E-state index < -0.39 is 23.4 Å². The van der Waals surface area contributed by atoms with Gasteiger partial charge in [-0.15, -0.1) is 0 Å². The molecule has 336 valence electrons. The van der Waals surface area contributed by atoms with E-state index in [0.717, 1.165) is 116 Å². The number of aliphatic hydroxyl groups is 1. The van der Waals surface area contributed by atoms with E-state index in [9.17, 15) is 19.5 Å². The highest BCUT2D eigenvalue weighted by molar-refractivity contribution is 5.76. The summed E-state index contributed by atoms with van der Waals surface area (Å²) in [6, 6.07) is 0. The summed E-state index contributed by atoms with van der Waals surface area (Å²) in [5, 5.41) is 10.8. The van der Waals surface area contributed by atoms with E-state index in [0.29, 0.717) is 19.3 Å². The number of rotatable bonds is 41. The molecule has 0 bridgehead atoms. The van der Waals surface area contributed by atoms with Crippen LogP contribution in [0.5, 0.6) is 0 Å². The van der Waals surface area contributed by atoms with Crippen molar-refractivity contribution in [2.45, 2.75) is 227 Å². The number of allylic oxidation sites excluding steroid dienone is 8. The van der Waals surface area contributed by atoms with Crippen molar-refractivity contribution >= 4 is 17.9 Å². The van der Waals surface area contributed by atoms with Gasteiger partial charge < -0.3 is 19.3 Å². The van der Waals surface area contributed by atoms with Gasteiger partial charge in [0, 0.05) is 12.8 Å². The molecule has 0 aliphatic carbocycles. The molecule has 0 saturated heterocycles. The van der Waals surface area contributed by atoms with Gasteiger partial charge in [-0.05, 0) is 97.3 Å². The standard InChI is InChI=1S/C51H90O7/c1-6-9-12-15-17-19-21-23-25-27-29-31-33-35-38-41-48(53)56-43-46(45-58-50(55)51(4,5)47(52)40-37-14-11-8-3)44-57-49(54)42-39-36-34-32-30-28-26-24-22-20-18-16-13-10-7-2/h17-20,23-26,46-47,52H,6-16,21-22,27-45H2,1-5H3/b19-17-,20-18-,25-23-,26-24-. The number of carbonyl (C=O) groups excluding carboxylic acids is 3.